The summed E-state index contributed by atoms with van der Waals surface area (Å²) in [4.78, 5) is 0. The Bertz CT molecular complexity index is 684. The van der Waals surface area contributed by atoms with Crippen LogP contribution in [0.25, 0.3) is 0 Å². The molecule has 4 rings (SSSR count). The molecule has 0 saturated heterocycles. The van der Waals surface area contributed by atoms with Gasteiger partial charge in [-0.25, -0.2) is 0 Å². The third-order valence-corrected chi connectivity index (χ3v) is 11.3. The van der Waals surface area contributed by atoms with E-state index in [0.29, 0.717) is 16.7 Å². The number of hydrogen-bond acceptors (Lipinski definition) is 3. The van der Waals surface area contributed by atoms with Crippen LogP contribution in [0.1, 0.15) is 98.8 Å². The lowest BCUT2D eigenvalue weighted by atomic mass is 9.47. The zero-order valence-electron chi connectivity index (χ0n) is 20.7. The predicted octanol–water partition coefficient (Wildman–Crippen LogP) is 5.72. The zero-order chi connectivity index (χ0) is 22.6. The van der Waals surface area contributed by atoms with Crippen molar-refractivity contribution in [3.05, 3.63) is 11.6 Å². The van der Waals surface area contributed by atoms with E-state index in [1.54, 1.807) is 12.5 Å². The van der Waals surface area contributed by atoms with E-state index in [1.807, 2.05) is 0 Å². The van der Waals surface area contributed by atoms with Crippen molar-refractivity contribution in [2.75, 3.05) is 6.61 Å². The quantitative estimate of drug-likeness (QED) is 0.470. The average molecular weight is 433 g/mol. The first kappa shape index (κ1) is 23.8. The lowest BCUT2D eigenvalue weighted by Crippen LogP contribution is -2.50. The van der Waals surface area contributed by atoms with Crippen molar-refractivity contribution in [3.63, 3.8) is 0 Å². The Hall–Kier alpha value is -0.380. The summed E-state index contributed by atoms with van der Waals surface area (Å²) in [6, 6.07) is 0. The summed E-state index contributed by atoms with van der Waals surface area (Å²) in [5.74, 6) is 4.08. The highest BCUT2D eigenvalue weighted by Gasteiger charge is 2.59. The summed E-state index contributed by atoms with van der Waals surface area (Å²) >= 11 is 0. The highest BCUT2D eigenvalue weighted by molar-refractivity contribution is 5.25. The van der Waals surface area contributed by atoms with Crippen LogP contribution in [0.5, 0.6) is 0 Å². The molecule has 0 spiro atoms. The van der Waals surface area contributed by atoms with Crippen LogP contribution in [-0.2, 0) is 0 Å². The van der Waals surface area contributed by atoms with E-state index in [-0.39, 0.29) is 18.6 Å². The predicted molar refractivity (Wildman–Crippen MR) is 126 cm³/mol. The Morgan fingerprint density at radius 1 is 1.06 bits per heavy atom. The number of aliphatic hydroxyl groups excluding tert-OH is 2. The van der Waals surface area contributed by atoms with Gasteiger partial charge in [-0.3, -0.25) is 0 Å². The second-order valence-electron chi connectivity index (χ2n) is 12.9. The molecule has 0 heterocycles. The van der Waals surface area contributed by atoms with E-state index in [9.17, 15) is 15.3 Å². The molecule has 0 aromatic rings. The van der Waals surface area contributed by atoms with Crippen molar-refractivity contribution in [2.45, 2.75) is 111 Å². The zero-order valence-corrected chi connectivity index (χ0v) is 20.7. The van der Waals surface area contributed by atoms with Crippen molar-refractivity contribution in [1.29, 1.82) is 0 Å². The maximum atomic E-state index is 10.4. The summed E-state index contributed by atoms with van der Waals surface area (Å²) in [6.45, 7) is 11.3. The summed E-state index contributed by atoms with van der Waals surface area (Å²) in [5.41, 5.74) is 1.40. The maximum Gasteiger partial charge on any atom is 0.0874 e. The molecular weight excluding hydrogens is 384 g/mol. The molecule has 4 aliphatic carbocycles. The molecular formula is C28H48O3. The van der Waals surface area contributed by atoms with Crippen LogP contribution in [-0.4, -0.2) is 33.6 Å². The van der Waals surface area contributed by atoms with E-state index in [4.69, 9.17) is 0 Å². The first-order chi connectivity index (χ1) is 14.5. The second kappa shape index (κ2) is 8.44. The molecule has 0 aliphatic heterocycles. The molecule has 10 atom stereocenters. The van der Waals surface area contributed by atoms with Crippen LogP contribution in [0.2, 0.25) is 0 Å². The minimum Gasteiger partial charge on any atom is -0.393 e. The van der Waals surface area contributed by atoms with E-state index >= 15 is 0 Å². The molecule has 178 valence electrons. The van der Waals surface area contributed by atoms with Crippen LogP contribution in [0.15, 0.2) is 11.6 Å². The molecule has 3 saturated carbocycles. The van der Waals surface area contributed by atoms with E-state index < -0.39 is 5.60 Å². The lowest BCUT2D eigenvalue weighted by molar-refractivity contribution is -0.0610. The van der Waals surface area contributed by atoms with Crippen LogP contribution >= 0.6 is 0 Å². The Morgan fingerprint density at radius 3 is 2.52 bits per heavy atom. The van der Waals surface area contributed by atoms with Gasteiger partial charge in [0.15, 0.2) is 0 Å². The summed E-state index contributed by atoms with van der Waals surface area (Å²) in [6.07, 6.45) is 14.4. The van der Waals surface area contributed by atoms with Gasteiger partial charge in [-0.1, -0.05) is 45.8 Å². The van der Waals surface area contributed by atoms with E-state index in [0.717, 1.165) is 49.4 Å². The smallest absolute Gasteiger partial charge is 0.0874 e. The van der Waals surface area contributed by atoms with E-state index in [1.165, 1.54) is 38.5 Å². The van der Waals surface area contributed by atoms with Gasteiger partial charge in [0.2, 0.25) is 0 Å². The number of aliphatic hydroxyl groups is 3. The van der Waals surface area contributed by atoms with Crippen molar-refractivity contribution in [2.24, 2.45) is 46.3 Å². The topological polar surface area (TPSA) is 60.7 Å². The molecule has 0 aromatic heterocycles. The molecule has 3 fully saturated rings. The Balaban J connectivity index is 1.46. The van der Waals surface area contributed by atoms with Crippen molar-refractivity contribution < 1.29 is 15.3 Å². The molecule has 4 aliphatic rings. The first-order valence-corrected chi connectivity index (χ1v) is 13.2. The minimum absolute atomic E-state index is 0.115. The molecule has 3 heteroatoms. The molecule has 3 nitrogen and oxygen atoms in total. The van der Waals surface area contributed by atoms with E-state index in [2.05, 4.69) is 33.8 Å². The summed E-state index contributed by atoms with van der Waals surface area (Å²) in [7, 11) is 0. The Morgan fingerprint density at radius 2 is 1.81 bits per heavy atom. The number of allylic oxidation sites excluding steroid dienone is 1. The fourth-order valence-corrected chi connectivity index (χ4v) is 8.80. The average Bonchev–Trinajstić information content (AvgIpc) is 3.09. The SMILES string of the molecule is C[C@H](CC[C@H](C)C(C)(O)CO)[C@H]1CC[C@H]2[C@@H]3CC=C4C[C@@H](O)CC[C@]4(C)[C@H]3CC[C@]12C. The molecule has 0 aromatic carbocycles. The summed E-state index contributed by atoms with van der Waals surface area (Å²) in [5, 5.41) is 30.1. The highest BCUT2D eigenvalue weighted by Crippen LogP contribution is 2.67. The van der Waals surface area contributed by atoms with Crippen molar-refractivity contribution in [1.82, 2.24) is 0 Å². The third-order valence-electron chi connectivity index (χ3n) is 11.3. The van der Waals surface area contributed by atoms with Gasteiger partial charge in [0.1, 0.15) is 0 Å². The van der Waals surface area contributed by atoms with Gasteiger partial charge in [0.05, 0.1) is 18.3 Å². The van der Waals surface area contributed by atoms with Gasteiger partial charge >= 0.3 is 0 Å². The number of rotatable bonds is 6. The minimum atomic E-state index is -0.963. The number of fused-ring (bicyclic) bond motifs is 5. The van der Waals surface area contributed by atoms with Crippen LogP contribution in [0, 0.1) is 46.3 Å². The van der Waals surface area contributed by atoms with Crippen LogP contribution in [0.4, 0.5) is 0 Å². The third kappa shape index (κ3) is 3.95. The van der Waals surface area contributed by atoms with Crippen LogP contribution < -0.4 is 0 Å². The maximum absolute atomic E-state index is 10.4. The van der Waals surface area contributed by atoms with Gasteiger partial charge in [-0.2, -0.15) is 0 Å². The second-order valence-corrected chi connectivity index (χ2v) is 12.9. The van der Waals surface area contributed by atoms with Gasteiger partial charge < -0.3 is 15.3 Å². The van der Waals surface area contributed by atoms with Gasteiger partial charge in [0.25, 0.3) is 0 Å². The van der Waals surface area contributed by atoms with Crippen LogP contribution in [0.3, 0.4) is 0 Å². The van der Waals surface area contributed by atoms with Crippen molar-refractivity contribution >= 4 is 0 Å². The Kier molecular flexibility index (Phi) is 6.47. The first-order valence-electron chi connectivity index (χ1n) is 13.2. The normalized spacial score (nSPS) is 46.2. The fraction of sp³-hybridized carbons (Fsp3) is 0.929. The largest absolute Gasteiger partial charge is 0.393 e. The lowest BCUT2D eigenvalue weighted by Gasteiger charge is -2.58. The Labute approximate surface area is 190 Å². The van der Waals surface area contributed by atoms with Gasteiger partial charge in [-0.05, 0) is 111 Å². The molecule has 3 N–H and O–H groups in total. The van der Waals surface area contributed by atoms with Gasteiger partial charge in [0, 0.05) is 0 Å². The molecule has 0 amide bonds. The fourth-order valence-electron chi connectivity index (χ4n) is 8.80. The molecule has 1 unspecified atom stereocenters. The summed E-state index contributed by atoms with van der Waals surface area (Å²) < 4.78 is 0. The molecule has 0 radical (unpaired) electrons. The highest BCUT2D eigenvalue weighted by atomic mass is 16.3. The van der Waals surface area contributed by atoms with Crippen molar-refractivity contribution in [3.8, 4) is 0 Å². The molecule has 31 heavy (non-hydrogen) atoms. The standard InChI is InChI=1S/C28H48O3/c1-18(6-7-19(2)28(5,31)17-29)23-10-11-24-22-9-8-20-16-21(30)12-14-26(20,3)25(22)13-15-27(23,24)4/h8,18-19,21-25,29-31H,6-7,9-17H2,1-5H3/t18-,19+,21+,22+,23-,24+,25+,26+,27-,28?/m1/s1. The van der Waals surface area contributed by atoms with Gasteiger partial charge in [-0.15, -0.1) is 0 Å². The monoisotopic (exact) mass is 432 g/mol. The number of hydrogen-bond donors (Lipinski definition) is 3. The molecule has 0 bridgehead atoms.